The molecule has 7 nitrogen and oxygen atoms in total. The normalized spacial score (nSPS) is 14.8. The van der Waals surface area contributed by atoms with Crippen molar-refractivity contribution >= 4 is 40.2 Å². The molecular formula is C27H28ClN3O4S. The number of amides is 1. The number of esters is 1. The third-order valence-corrected chi connectivity index (χ3v) is 7.71. The first kappa shape index (κ1) is 25.9. The summed E-state index contributed by atoms with van der Waals surface area (Å²) in [4.78, 5) is 31.8. The number of carbonyl (C=O) groups is 2. The minimum Gasteiger partial charge on any atom is -0.466 e. The maximum absolute atomic E-state index is 13.5. The molecule has 2 heterocycles. The summed E-state index contributed by atoms with van der Waals surface area (Å²) in [7, 11) is -1.49. The Balaban J connectivity index is 1.50. The molecule has 0 bridgehead atoms. The molecule has 2 aromatic carbocycles. The average Bonchev–Trinajstić information content (AvgIpc) is 2.93. The van der Waals surface area contributed by atoms with Crippen LogP contribution in [0.15, 0.2) is 77.8 Å². The van der Waals surface area contributed by atoms with Gasteiger partial charge in [0.1, 0.15) is 5.69 Å². The number of ether oxygens (including phenoxy) is 1. The van der Waals surface area contributed by atoms with Gasteiger partial charge >= 0.3 is 5.97 Å². The molecule has 1 atom stereocenters. The largest absolute Gasteiger partial charge is 0.466 e. The van der Waals surface area contributed by atoms with Gasteiger partial charge in [0.05, 0.1) is 35.8 Å². The Labute approximate surface area is 218 Å². The van der Waals surface area contributed by atoms with E-state index in [0.29, 0.717) is 60.4 Å². The lowest BCUT2D eigenvalue weighted by molar-refractivity contribution is -0.149. The molecule has 0 radical (unpaired) electrons. The predicted molar refractivity (Wildman–Crippen MR) is 140 cm³/mol. The standard InChI is InChI=1S/C27H28ClN3O4S/c1-2-35-27(33)21-14-16-30(17-15-21)26(32)25-13-12-23(18-29-25)31(19-20-8-10-22(28)11-9-20)36(34)24-6-4-3-5-7-24/h3-13,18,21H,2,14-17,19H2,1H3. The topological polar surface area (TPSA) is 79.8 Å². The Morgan fingerprint density at radius 2 is 1.75 bits per heavy atom. The van der Waals surface area contributed by atoms with Gasteiger partial charge in [-0.2, -0.15) is 0 Å². The summed E-state index contributed by atoms with van der Waals surface area (Å²) in [6.45, 7) is 3.48. The van der Waals surface area contributed by atoms with Crippen molar-refractivity contribution in [1.29, 1.82) is 0 Å². The maximum atomic E-state index is 13.5. The van der Waals surface area contributed by atoms with Crippen LogP contribution in [-0.2, 0) is 27.1 Å². The van der Waals surface area contributed by atoms with Gasteiger partial charge in [-0.1, -0.05) is 41.9 Å². The molecule has 1 unspecified atom stereocenters. The molecule has 3 aromatic rings. The van der Waals surface area contributed by atoms with Crippen LogP contribution >= 0.6 is 11.6 Å². The first-order valence-corrected chi connectivity index (χ1v) is 13.4. The number of hydrogen-bond acceptors (Lipinski definition) is 5. The molecule has 1 aliphatic rings. The second kappa shape index (κ2) is 12.1. The summed E-state index contributed by atoms with van der Waals surface area (Å²) >= 11 is 6.03. The van der Waals surface area contributed by atoms with Gasteiger partial charge in [0.15, 0.2) is 11.0 Å². The van der Waals surface area contributed by atoms with E-state index in [1.54, 1.807) is 46.6 Å². The van der Waals surface area contributed by atoms with E-state index in [1.165, 1.54) is 0 Å². The van der Waals surface area contributed by atoms with Crippen LogP contribution in [0, 0.1) is 5.92 Å². The lowest BCUT2D eigenvalue weighted by Gasteiger charge is -2.30. The Hall–Kier alpha value is -3.23. The van der Waals surface area contributed by atoms with Crippen LogP contribution in [0.1, 0.15) is 35.8 Å². The van der Waals surface area contributed by atoms with Crippen LogP contribution < -0.4 is 4.31 Å². The van der Waals surface area contributed by atoms with E-state index in [2.05, 4.69) is 4.98 Å². The number of carbonyl (C=O) groups excluding carboxylic acids is 2. The van der Waals surface area contributed by atoms with Gasteiger partial charge in [0, 0.05) is 18.1 Å². The fourth-order valence-corrected chi connectivity index (χ4v) is 5.40. The van der Waals surface area contributed by atoms with E-state index in [0.717, 1.165) is 5.56 Å². The van der Waals surface area contributed by atoms with Crippen molar-refractivity contribution in [2.24, 2.45) is 5.92 Å². The number of anilines is 1. The summed E-state index contributed by atoms with van der Waals surface area (Å²) in [6, 6.07) is 20.0. The number of piperidine rings is 1. The molecule has 0 aliphatic carbocycles. The molecule has 188 valence electrons. The fraction of sp³-hybridized carbons (Fsp3) is 0.296. The molecule has 0 N–H and O–H groups in total. The number of rotatable bonds is 8. The quantitative estimate of drug-likeness (QED) is 0.392. The molecule has 4 rings (SSSR count). The zero-order chi connectivity index (χ0) is 25.5. The third-order valence-electron chi connectivity index (χ3n) is 6.04. The van der Waals surface area contributed by atoms with Crippen molar-refractivity contribution in [3.05, 3.63) is 89.2 Å². The highest BCUT2D eigenvalue weighted by atomic mass is 35.5. The molecule has 1 saturated heterocycles. The summed E-state index contributed by atoms with van der Waals surface area (Å²) in [6.07, 6.45) is 2.73. The molecule has 36 heavy (non-hydrogen) atoms. The van der Waals surface area contributed by atoms with Crippen LogP contribution in [0.25, 0.3) is 0 Å². The number of pyridine rings is 1. The molecule has 1 amide bonds. The van der Waals surface area contributed by atoms with Gasteiger partial charge in [-0.3, -0.25) is 13.9 Å². The molecule has 1 fully saturated rings. The number of benzene rings is 2. The predicted octanol–water partition coefficient (Wildman–Crippen LogP) is 4.88. The Kier molecular flexibility index (Phi) is 8.72. The van der Waals surface area contributed by atoms with E-state index < -0.39 is 11.0 Å². The maximum Gasteiger partial charge on any atom is 0.309 e. The van der Waals surface area contributed by atoms with Crippen LogP contribution in [0.4, 0.5) is 5.69 Å². The third kappa shape index (κ3) is 6.30. The van der Waals surface area contributed by atoms with Crippen LogP contribution in [-0.4, -0.2) is 45.7 Å². The van der Waals surface area contributed by atoms with E-state index in [4.69, 9.17) is 16.3 Å². The number of halogens is 1. The highest BCUT2D eigenvalue weighted by Crippen LogP contribution is 2.25. The molecule has 1 aliphatic heterocycles. The molecule has 9 heteroatoms. The van der Waals surface area contributed by atoms with Crippen molar-refractivity contribution in [2.75, 3.05) is 24.0 Å². The van der Waals surface area contributed by atoms with Crippen molar-refractivity contribution in [3.8, 4) is 0 Å². The minimum atomic E-state index is -1.49. The van der Waals surface area contributed by atoms with Gasteiger partial charge < -0.3 is 9.64 Å². The van der Waals surface area contributed by atoms with Crippen LogP contribution in [0.2, 0.25) is 5.02 Å². The van der Waals surface area contributed by atoms with Crippen LogP contribution in [0.3, 0.4) is 0 Å². The smallest absolute Gasteiger partial charge is 0.309 e. The SMILES string of the molecule is CCOC(=O)C1CCN(C(=O)c2ccc(N(Cc3ccc(Cl)cc3)S(=O)c3ccccc3)cn2)CC1. The molecule has 0 spiro atoms. The minimum absolute atomic E-state index is 0.168. The second-order valence-corrected chi connectivity index (χ2v) is 10.3. The first-order chi connectivity index (χ1) is 17.5. The highest BCUT2D eigenvalue weighted by molar-refractivity contribution is 7.86. The van der Waals surface area contributed by atoms with Gasteiger partial charge in [0.2, 0.25) is 0 Å². The Morgan fingerprint density at radius 1 is 1.06 bits per heavy atom. The Morgan fingerprint density at radius 3 is 2.36 bits per heavy atom. The lowest BCUT2D eigenvalue weighted by Crippen LogP contribution is -2.41. The summed E-state index contributed by atoms with van der Waals surface area (Å²) in [5, 5.41) is 0.630. The van der Waals surface area contributed by atoms with Gasteiger partial charge in [-0.05, 0) is 61.7 Å². The highest BCUT2D eigenvalue weighted by Gasteiger charge is 2.29. The molecule has 0 saturated carbocycles. The monoisotopic (exact) mass is 525 g/mol. The average molecular weight is 526 g/mol. The van der Waals surface area contributed by atoms with E-state index >= 15 is 0 Å². The summed E-state index contributed by atoms with van der Waals surface area (Å²) < 4.78 is 20.3. The lowest BCUT2D eigenvalue weighted by atomic mass is 9.97. The zero-order valence-electron chi connectivity index (χ0n) is 20.0. The van der Waals surface area contributed by atoms with Crippen molar-refractivity contribution in [2.45, 2.75) is 31.2 Å². The fourth-order valence-electron chi connectivity index (χ4n) is 4.07. The first-order valence-electron chi connectivity index (χ1n) is 11.9. The van der Waals surface area contributed by atoms with Gasteiger partial charge in [-0.15, -0.1) is 0 Å². The molecular weight excluding hydrogens is 498 g/mol. The van der Waals surface area contributed by atoms with Crippen molar-refractivity contribution in [3.63, 3.8) is 0 Å². The molecule has 1 aromatic heterocycles. The number of nitrogens with zero attached hydrogens (tertiary/aromatic N) is 3. The van der Waals surface area contributed by atoms with E-state index in [-0.39, 0.29) is 17.8 Å². The van der Waals surface area contributed by atoms with Crippen molar-refractivity contribution in [1.82, 2.24) is 9.88 Å². The number of hydrogen-bond donors (Lipinski definition) is 0. The number of aromatic nitrogens is 1. The van der Waals surface area contributed by atoms with E-state index in [1.807, 2.05) is 42.5 Å². The van der Waals surface area contributed by atoms with Crippen LogP contribution in [0.5, 0.6) is 0 Å². The van der Waals surface area contributed by atoms with Gasteiger partial charge in [-0.25, -0.2) is 9.19 Å². The van der Waals surface area contributed by atoms with Crippen molar-refractivity contribution < 1.29 is 18.5 Å². The summed E-state index contributed by atoms with van der Waals surface area (Å²) in [5.74, 6) is -0.546. The zero-order valence-corrected chi connectivity index (χ0v) is 21.6. The van der Waals surface area contributed by atoms with Gasteiger partial charge in [0.25, 0.3) is 5.91 Å². The Bertz CT molecular complexity index is 1200. The summed E-state index contributed by atoms with van der Waals surface area (Å²) in [5.41, 5.74) is 1.88. The second-order valence-electron chi connectivity index (χ2n) is 8.45. The van der Waals surface area contributed by atoms with E-state index in [9.17, 15) is 13.8 Å². The number of likely N-dealkylation sites (tertiary alicyclic amines) is 1.